The molecule has 1 unspecified atom stereocenters. The molecular weight excluding hydrogens is 302 g/mol. The van der Waals surface area contributed by atoms with Gasteiger partial charge in [0.2, 0.25) is 0 Å². The standard InChI is InChI=1S/C19H25N3O2/c1-11-7-8-20-16(9-11)10-12(2)22(6)19(24)17-13(3)18(15(5)23)21-14(17)4/h7-9,12,21H,10H2,1-6H3. The Morgan fingerprint density at radius 3 is 2.50 bits per heavy atom. The number of ketones is 1. The van der Waals surface area contributed by atoms with E-state index in [9.17, 15) is 9.59 Å². The topological polar surface area (TPSA) is 66.1 Å². The highest BCUT2D eigenvalue weighted by Crippen LogP contribution is 2.21. The summed E-state index contributed by atoms with van der Waals surface area (Å²) in [5.41, 5.74) is 4.68. The summed E-state index contributed by atoms with van der Waals surface area (Å²) in [5, 5.41) is 0. The summed E-state index contributed by atoms with van der Waals surface area (Å²) in [6.07, 6.45) is 2.48. The van der Waals surface area contributed by atoms with E-state index in [0.717, 1.165) is 22.5 Å². The van der Waals surface area contributed by atoms with Crippen LogP contribution >= 0.6 is 0 Å². The van der Waals surface area contributed by atoms with E-state index in [2.05, 4.69) is 9.97 Å². The Hall–Kier alpha value is -2.43. The molecule has 0 aromatic carbocycles. The quantitative estimate of drug-likeness (QED) is 0.857. The third kappa shape index (κ3) is 3.55. The number of hydrogen-bond donors (Lipinski definition) is 1. The fourth-order valence-corrected chi connectivity index (χ4v) is 2.95. The van der Waals surface area contributed by atoms with Crippen molar-refractivity contribution in [1.29, 1.82) is 0 Å². The second-order valence-electron chi connectivity index (χ2n) is 6.47. The van der Waals surface area contributed by atoms with Gasteiger partial charge in [0.1, 0.15) is 0 Å². The van der Waals surface area contributed by atoms with Crippen molar-refractivity contribution >= 4 is 11.7 Å². The van der Waals surface area contributed by atoms with Gasteiger partial charge >= 0.3 is 0 Å². The molecule has 128 valence electrons. The molecule has 1 N–H and O–H groups in total. The molecule has 0 aliphatic carbocycles. The fraction of sp³-hybridized carbons (Fsp3) is 0.421. The van der Waals surface area contributed by atoms with Gasteiger partial charge in [0.15, 0.2) is 5.78 Å². The minimum absolute atomic E-state index is 0.00118. The number of carbonyl (C=O) groups excluding carboxylic acids is 2. The first-order chi connectivity index (χ1) is 11.2. The van der Waals surface area contributed by atoms with E-state index in [1.54, 1.807) is 18.1 Å². The number of aromatic nitrogens is 2. The summed E-state index contributed by atoms with van der Waals surface area (Å²) in [4.78, 5) is 33.7. The summed E-state index contributed by atoms with van der Waals surface area (Å²) in [6.45, 7) is 9.18. The molecular formula is C19H25N3O2. The Kier molecular flexibility index (Phi) is 5.22. The highest BCUT2D eigenvalue weighted by molar-refractivity contribution is 6.02. The number of nitrogens with zero attached hydrogens (tertiary/aromatic N) is 2. The van der Waals surface area contributed by atoms with Crippen molar-refractivity contribution in [2.75, 3.05) is 7.05 Å². The Labute approximate surface area is 143 Å². The van der Waals surface area contributed by atoms with E-state index in [0.29, 0.717) is 17.7 Å². The molecule has 1 atom stereocenters. The molecule has 0 bridgehead atoms. The van der Waals surface area contributed by atoms with Crippen LogP contribution in [0.25, 0.3) is 0 Å². The summed E-state index contributed by atoms with van der Waals surface area (Å²) < 4.78 is 0. The van der Waals surface area contributed by atoms with Gasteiger partial charge in [0, 0.05) is 44.0 Å². The van der Waals surface area contributed by atoms with Gasteiger partial charge in [0.25, 0.3) is 5.91 Å². The molecule has 1 amide bonds. The Balaban J connectivity index is 2.21. The van der Waals surface area contributed by atoms with Crippen molar-refractivity contribution in [3.05, 3.63) is 52.1 Å². The largest absolute Gasteiger partial charge is 0.355 e. The van der Waals surface area contributed by atoms with Crippen LogP contribution in [0.3, 0.4) is 0 Å². The number of pyridine rings is 1. The van der Waals surface area contributed by atoms with Gasteiger partial charge in [-0.3, -0.25) is 14.6 Å². The molecule has 2 aromatic rings. The fourth-order valence-electron chi connectivity index (χ4n) is 2.95. The van der Waals surface area contributed by atoms with Gasteiger partial charge < -0.3 is 9.88 Å². The van der Waals surface area contributed by atoms with Gasteiger partial charge in [-0.1, -0.05) is 0 Å². The lowest BCUT2D eigenvalue weighted by Gasteiger charge is -2.25. The zero-order valence-electron chi connectivity index (χ0n) is 15.2. The molecule has 5 nitrogen and oxygen atoms in total. The Bertz CT molecular complexity index is 777. The molecule has 2 heterocycles. The van der Waals surface area contributed by atoms with E-state index in [1.807, 2.05) is 39.8 Å². The monoisotopic (exact) mass is 327 g/mol. The maximum Gasteiger partial charge on any atom is 0.255 e. The van der Waals surface area contributed by atoms with Crippen molar-refractivity contribution in [2.24, 2.45) is 0 Å². The van der Waals surface area contributed by atoms with Crippen molar-refractivity contribution in [3.63, 3.8) is 0 Å². The highest BCUT2D eigenvalue weighted by Gasteiger charge is 2.25. The van der Waals surface area contributed by atoms with Crippen molar-refractivity contribution in [1.82, 2.24) is 14.9 Å². The number of nitrogens with one attached hydrogen (secondary N) is 1. The van der Waals surface area contributed by atoms with Crippen LogP contribution in [0.2, 0.25) is 0 Å². The Morgan fingerprint density at radius 2 is 1.96 bits per heavy atom. The van der Waals surface area contributed by atoms with Crippen LogP contribution in [-0.4, -0.2) is 39.6 Å². The smallest absolute Gasteiger partial charge is 0.255 e. The van der Waals surface area contributed by atoms with Crippen LogP contribution < -0.4 is 0 Å². The van der Waals surface area contributed by atoms with Gasteiger partial charge in [-0.25, -0.2) is 0 Å². The minimum Gasteiger partial charge on any atom is -0.355 e. The first kappa shape index (κ1) is 17.9. The van der Waals surface area contributed by atoms with E-state index in [4.69, 9.17) is 0 Å². The molecule has 0 saturated heterocycles. The lowest BCUT2D eigenvalue weighted by molar-refractivity contribution is 0.0741. The molecule has 0 aliphatic rings. The predicted octanol–water partition coefficient (Wildman–Crippen LogP) is 3.24. The number of carbonyl (C=O) groups is 2. The van der Waals surface area contributed by atoms with Crippen LogP contribution in [0.1, 0.15) is 57.2 Å². The van der Waals surface area contributed by atoms with Crippen LogP contribution in [-0.2, 0) is 6.42 Å². The molecule has 0 saturated carbocycles. The SMILES string of the molecule is CC(=O)c1[nH]c(C)c(C(=O)N(C)C(C)Cc2cc(C)ccn2)c1C. The molecule has 24 heavy (non-hydrogen) atoms. The maximum absolute atomic E-state index is 12.9. The van der Waals surface area contributed by atoms with E-state index in [-0.39, 0.29) is 17.7 Å². The van der Waals surface area contributed by atoms with Crippen molar-refractivity contribution in [2.45, 2.75) is 47.1 Å². The van der Waals surface area contributed by atoms with Gasteiger partial charge in [-0.05, 0) is 51.0 Å². The third-order valence-electron chi connectivity index (χ3n) is 4.46. The highest BCUT2D eigenvalue weighted by atomic mass is 16.2. The summed E-state index contributed by atoms with van der Waals surface area (Å²) >= 11 is 0. The van der Waals surface area contributed by atoms with Gasteiger partial charge in [0.05, 0.1) is 11.3 Å². The first-order valence-electron chi connectivity index (χ1n) is 8.11. The number of amides is 1. The lowest BCUT2D eigenvalue weighted by Crippen LogP contribution is -2.37. The number of hydrogen-bond acceptors (Lipinski definition) is 3. The normalized spacial score (nSPS) is 12.1. The molecule has 0 radical (unpaired) electrons. The molecule has 0 aliphatic heterocycles. The summed E-state index contributed by atoms with van der Waals surface area (Å²) in [7, 11) is 1.79. The molecule has 0 fully saturated rings. The summed E-state index contributed by atoms with van der Waals surface area (Å²) in [6, 6.07) is 4.00. The van der Waals surface area contributed by atoms with Crippen LogP contribution in [0.5, 0.6) is 0 Å². The first-order valence-corrected chi connectivity index (χ1v) is 8.11. The zero-order chi connectivity index (χ0) is 18.0. The van der Waals surface area contributed by atoms with E-state index < -0.39 is 0 Å². The third-order valence-corrected chi connectivity index (χ3v) is 4.46. The number of Topliss-reactive ketones (excluding diaryl/α,β-unsaturated/α-hetero) is 1. The molecule has 2 rings (SSSR count). The van der Waals surface area contributed by atoms with E-state index >= 15 is 0 Å². The molecule has 5 heteroatoms. The minimum atomic E-state index is -0.0751. The lowest BCUT2D eigenvalue weighted by atomic mass is 10.1. The number of aromatic amines is 1. The number of aryl methyl sites for hydroxylation is 2. The maximum atomic E-state index is 12.9. The predicted molar refractivity (Wildman–Crippen MR) is 94.5 cm³/mol. The van der Waals surface area contributed by atoms with Gasteiger partial charge in [-0.2, -0.15) is 0 Å². The zero-order valence-corrected chi connectivity index (χ0v) is 15.2. The van der Waals surface area contributed by atoms with Crippen LogP contribution in [0, 0.1) is 20.8 Å². The second kappa shape index (κ2) is 6.99. The Morgan fingerprint density at radius 1 is 1.29 bits per heavy atom. The average Bonchev–Trinajstić information content (AvgIpc) is 2.81. The number of likely N-dealkylation sites (N-methyl/N-ethyl adjacent to an activating group) is 1. The van der Waals surface area contributed by atoms with Crippen molar-refractivity contribution in [3.8, 4) is 0 Å². The van der Waals surface area contributed by atoms with Crippen molar-refractivity contribution < 1.29 is 9.59 Å². The second-order valence-corrected chi connectivity index (χ2v) is 6.47. The number of H-pyrrole nitrogens is 1. The van der Waals surface area contributed by atoms with Crippen LogP contribution in [0.4, 0.5) is 0 Å². The molecule has 0 spiro atoms. The van der Waals surface area contributed by atoms with Gasteiger partial charge in [-0.15, -0.1) is 0 Å². The molecule has 2 aromatic heterocycles. The average molecular weight is 327 g/mol. The number of rotatable bonds is 5. The summed E-state index contributed by atoms with van der Waals surface area (Å²) in [5.74, 6) is -0.136. The van der Waals surface area contributed by atoms with E-state index in [1.165, 1.54) is 6.92 Å². The van der Waals surface area contributed by atoms with Crippen LogP contribution in [0.15, 0.2) is 18.3 Å².